The summed E-state index contributed by atoms with van der Waals surface area (Å²) in [5.74, 6) is 0.724. The average Bonchev–Trinajstić information content (AvgIpc) is 2.39. The number of piperazine rings is 1. The Kier molecular flexibility index (Phi) is 3.55. The van der Waals surface area contributed by atoms with E-state index in [1.165, 1.54) is 0 Å². The fourth-order valence-electron chi connectivity index (χ4n) is 2.22. The molecule has 5 nitrogen and oxygen atoms in total. The SMILES string of the molecule is CCC1CN(c2nccnc2C#N)CCN1C. The van der Waals surface area contributed by atoms with E-state index in [2.05, 4.69) is 39.8 Å². The van der Waals surface area contributed by atoms with Crippen LogP contribution in [0.3, 0.4) is 0 Å². The summed E-state index contributed by atoms with van der Waals surface area (Å²) in [6.45, 7) is 5.01. The monoisotopic (exact) mass is 231 g/mol. The van der Waals surface area contributed by atoms with E-state index in [4.69, 9.17) is 5.26 Å². The van der Waals surface area contributed by atoms with Gasteiger partial charge in [0, 0.05) is 38.1 Å². The lowest BCUT2D eigenvalue weighted by Gasteiger charge is -2.39. The van der Waals surface area contributed by atoms with Crippen LogP contribution < -0.4 is 4.90 Å². The zero-order chi connectivity index (χ0) is 12.3. The Bertz CT molecular complexity index is 425. The van der Waals surface area contributed by atoms with Crippen molar-refractivity contribution < 1.29 is 0 Å². The summed E-state index contributed by atoms with van der Waals surface area (Å²) in [4.78, 5) is 12.9. The molecular weight excluding hydrogens is 214 g/mol. The second-order valence-corrected chi connectivity index (χ2v) is 4.33. The van der Waals surface area contributed by atoms with Crippen molar-refractivity contribution in [3.8, 4) is 6.07 Å². The fraction of sp³-hybridized carbons (Fsp3) is 0.583. The van der Waals surface area contributed by atoms with Crippen LogP contribution in [0.1, 0.15) is 19.0 Å². The summed E-state index contributed by atoms with van der Waals surface area (Å²) in [7, 11) is 2.15. The molecule has 17 heavy (non-hydrogen) atoms. The van der Waals surface area contributed by atoms with Gasteiger partial charge in [0.1, 0.15) is 6.07 Å². The van der Waals surface area contributed by atoms with Gasteiger partial charge >= 0.3 is 0 Å². The minimum Gasteiger partial charge on any atom is -0.351 e. The lowest BCUT2D eigenvalue weighted by molar-refractivity contribution is 0.213. The predicted octanol–water partition coefficient (Wildman–Crippen LogP) is 0.879. The first kappa shape index (κ1) is 11.8. The van der Waals surface area contributed by atoms with Gasteiger partial charge in [-0.2, -0.15) is 5.26 Å². The van der Waals surface area contributed by atoms with Crippen molar-refractivity contribution in [1.82, 2.24) is 14.9 Å². The smallest absolute Gasteiger partial charge is 0.183 e. The maximum Gasteiger partial charge on any atom is 0.183 e. The number of nitriles is 1. The Morgan fingerprint density at radius 2 is 2.18 bits per heavy atom. The van der Waals surface area contributed by atoms with Crippen LogP contribution in [0.2, 0.25) is 0 Å². The Labute approximate surface area is 102 Å². The highest BCUT2D eigenvalue weighted by Gasteiger charge is 2.25. The van der Waals surface area contributed by atoms with Crippen LogP contribution in [0, 0.1) is 11.3 Å². The van der Waals surface area contributed by atoms with Gasteiger partial charge in [-0.3, -0.25) is 4.90 Å². The van der Waals surface area contributed by atoms with Gasteiger partial charge in [-0.1, -0.05) is 6.92 Å². The largest absolute Gasteiger partial charge is 0.351 e. The van der Waals surface area contributed by atoms with Crippen LogP contribution in [-0.2, 0) is 0 Å². The molecule has 0 spiro atoms. The van der Waals surface area contributed by atoms with Crippen molar-refractivity contribution in [1.29, 1.82) is 5.26 Å². The number of hydrogen-bond donors (Lipinski definition) is 0. The van der Waals surface area contributed by atoms with Gasteiger partial charge in [0.05, 0.1) is 0 Å². The maximum atomic E-state index is 9.03. The number of anilines is 1. The normalized spacial score (nSPS) is 21.2. The van der Waals surface area contributed by atoms with E-state index in [1.54, 1.807) is 12.4 Å². The maximum absolute atomic E-state index is 9.03. The van der Waals surface area contributed by atoms with E-state index in [1.807, 2.05) is 0 Å². The lowest BCUT2D eigenvalue weighted by atomic mass is 10.1. The minimum atomic E-state index is 0.423. The topological polar surface area (TPSA) is 56.1 Å². The highest BCUT2D eigenvalue weighted by Crippen LogP contribution is 2.19. The molecule has 1 aliphatic heterocycles. The van der Waals surface area contributed by atoms with E-state index in [9.17, 15) is 0 Å². The van der Waals surface area contributed by atoms with Gasteiger partial charge in [-0.05, 0) is 13.5 Å². The van der Waals surface area contributed by atoms with Gasteiger partial charge in [0.15, 0.2) is 11.5 Å². The Hall–Kier alpha value is -1.67. The van der Waals surface area contributed by atoms with Crippen molar-refractivity contribution in [3.05, 3.63) is 18.1 Å². The molecular formula is C12H17N5. The van der Waals surface area contributed by atoms with Gasteiger partial charge in [0.2, 0.25) is 0 Å². The molecule has 90 valence electrons. The molecule has 1 aromatic heterocycles. The van der Waals surface area contributed by atoms with Crippen LogP contribution >= 0.6 is 0 Å². The van der Waals surface area contributed by atoms with Crippen molar-refractivity contribution in [2.24, 2.45) is 0 Å². The second kappa shape index (κ2) is 5.11. The summed E-state index contributed by atoms with van der Waals surface area (Å²) in [5.41, 5.74) is 0.423. The third kappa shape index (κ3) is 2.37. The first-order valence-electron chi connectivity index (χ1n) is 5.92. The molecule has 1 fully saturated rings. The highest BCUT2D eigenvalue weighted by atomic mass is 15.3. The summed E-state index contributed by atoms with van der Waals surface area (Å²) in [5, 5.41) is 9.03. The van der Waals surface area contributed by atoms with Crippen LogP contribution in [0.5, 0.6) is 0 Å². The number of rotatable bonds is 2. The molecule has 1 aliphatic rings. The molecule has 0 aliphatic carbocycles. The van der Waals surface area contributed by atoms with Crippen LogP contribution in [0.4, 0.5) is 5.82 Å². The van der Waals surface area contributed by atoms with Crippen molar-refractivity contribution in [2.45, 2.75) is 19.4 Å². The van der Waals surface area contributed by atoms with E-state index in [0.29, 0.717) is 11.7 Å². The highest BCUT2D eigenvalue weighted by molar-refractivity contribution is 5.49. The Morgan fingerprint density at radius 1 is 1.41 bits per heavy atom. The predicted molar refractivity (Wildman–Crippen MR) is 65.7 cm³/mol. The molecule has 1 aromatic rings. The van der Waals surface area contributed by atoms with Crippen molar-refractivity contribution in [3.63, 3.8) is 0 Å². The van der Waals surface area contributed by atoms with Gasteiger partial charge in [-0.25, -0.2) is 9.97 Å². The third-order valence-corrected chi connectivity index (χ3v) is 3.33. The molecule has 2 heterocycles. The van der Waals surface area contributed by atoms with Crippen molar-refractivity contribution >= 4 is 5.82 Å². The summed E-state index contributed by atoms with van der Waals surface area (Å²) in [6, 6.07) is 2.63. The van der Waals surface area contributed by atoms with Crippen LogP contribution in [0.25, 0.3) is 0 Å². The standard InChI is InChI=1S/C12H17N5/c1-3-10-9-17(7-6-16(10)2)12-11(8-13)14-4-5-15-12/h4-5,10H,3,6-7,9H2,1-2H3. The molecule has 5 heteroatoms. The molecule has 2 rings (SSSR count). The van der Waals surface area contributed by atoms with Crippen molar-refractivity contribution in [2.75, 3.05) is 31.6 Å². The molecule has 1 saturated heterocycles. The number of aromatic nitrogens is 2. The quantitative estimate of drug-likeness (QED) is 0.756. The third-order valence-electron chi connectivity index (χ3n) is 3.33. The molecule has 0 bridgehead atoms. The summed E-state index contributed by atoms with van der Waals surface area (Å²) >= 11 is 0. The van der Waals surface area contributed by atoms with E-state index >= 15 is 0 Å². The molecule has 1 atom stereocenters. The summed E-state index contributed by atoms with van der Waals surface area (Å²) < 4.78 is 0. The zero-order valence-electron chi connectivity index (χ0n) is 10.3. The van der Waals surface area contributed by atoms with Gasteiger partial charge in [-0.15, -0.1) is 0 Å². The van der Waals surface area contributed by atoms with Crippen LogP contribution in [0.15, 0.2) is 12.4 Å². The first-order valence-corrected chi connectivity index (χ1v) is 5.92. The average molecular weight is 231 g/mol. The molecule has 0 aromatic carbocycles. The van der Waals surface area contributed by atoms with Gasteiger partial charge < -0.3 is 4.90 Å². The van der Waals surface area contributed by atoms with E-state index in [0.717, 1.165) is 31.9 Å². The minimum absolute atomic E-state index is 0.423. The van der Waals surface area contributed by atoms with E-state index < -0.39 is 0 Å². The Balaban J connectivity index is 2.21. The fourth-order valence-corrected chi connectivity index (χ4v) is 2.22. The first-order chi connectivity index (χ1) is 8.26. The molecule has 0 amide bonds. The lowest BCUT2D eigenvalue weighted by Crippen LogP contribution is -2.51. The van der Waals surface area contributed by atoms with E-state index in [-0.39, 0.29) is 0 Å². The Morgan fingerprint density at radius 3 is 2.88 bits per heavy atom. The number of hydrogen-bond acceptors (Lipinski definition) is 5. The molecule has 1 unspecified atom stereocenters. The molecule has 0 radical (unpaired) electrons. The molecule has 0 N–H and O–H groups in total. The van der Waals surface area contributed by atoms with Crippen LogP contribution in [-0.4, -0.2) is 47.6 Å². The molecule has 0 saturated carbocycles. The van der Waals surface area contributed by atoms with Gasteiger partial charge in [0.25, 0.3) is 0 Å². The summed E-state index contributed by atoms with van der Waals surface area (Å²) in [6.07, 6.45) is 4.32. The second-order valence-electron chi connectivity index (χ2n) is 4.33. The number of nitrogens with zero attached hydrogens (tertiary/aromatic N) is 5. The zero-order valence-corrected chi connectivity index (χ0v) is 10.3. The number of likely N-dealkylation sites (N-methyl/N-ethyl adjacent to an activating group) is 1.